The third-order valence-electron chi connectivity index (χ3n) is 13.3. The molecule has 0 atom stereocenters. The fourth-order valence-electron chi connectivity index (χ4n) is 10.3. The van der Waals surface area contributed by atoms with E-state index in [-0.39, 0.29) is 0 Å². The number of rotatable bonds is 16. The van der Waals surface area contributed by atoms with Crippen LogP contribution in [0.5, 0.6) is 0 Å². The minimum Gasteiger partial charge on any atom is -0.340 e. The largest absolute Gasteiger partial charge is 0.340 e. The summed E-state index contributed by atoms with van der Waals surface area (Å²) >= 11 is 7.57. The van der Waals surface area contributed by atoms with Crippen molar-refractivity contribution < 1.29 is 0 Å². The number of nitrogens with zero attached hydrogens (tertiary/aromatic N) is 2. The lowest BCUT2D eigenvalue weighted by Gasteiger charge is -2.15. The second kappa shape index (κ2) is 17.0. The Hall–Kier alpha value is -4.64. The van der Waals surface area contributed by atoms with Crippen LogP contribution in [-0.4, -0.2) is 9.13 Å². The van der Waals surface area contributed by atoms with Gasteiger partial charge in [0.15, 0.2) is 0 Å². The Morgan fingerprint density at radius 1 is 0.333 bits per heavy atom. The first-order valence-electron chi connectivity index (χ1n) is 22.7. The molecule has 0 spiro atoms. The molecule has 60 heavy (non-hydrogen) atoms. The summed E-state index contributed by atoms with van der Waals surface area (Å²) in [7, 11) is 0. The first kappa shape index (κ1) is 39.5. The Labute approximate surface area is 371 Å². The zero-order chi connectivity index (χ0) is 40.7. The number of unbranched alkanes of at least 4 members (excludes halogenated alkanes) is 10. The highest BCUT2D eigenvalue weighted by Crippen LogP contribution is 2.42. The summed E-state index contributed by atoms with van der Waals surface area (Å²) in [5.74, 6) is 0. The Morgan fingerprint density at radius 3 is 1.05 bits per heavy atom. The van der Waals surface area contributed by atoms with E-state index in [4.69, 9.17) is 0 Å². The Bertz CT molecular complexity index is 2880. The summed E-state index contributed by atoms with van der Waals surface area (Å²) in [6.45, 7) is 6.70. The van der Waals surface area contributed by atoms with Crippen LogP contribution < -0.4 is 0 Å². The van der Waals surface area contributed by atoms with E-state index in [0.717, 1.165) is 22.0 Å². The van der Waals surface area contributed by atoms with Gasteiger partial charge in [-0.1, -0.05) is 146 Å². The maximum absolute atomic E-state index is 3.78. The van der Waals surface area contributed by atoms with E-state index in [1.54, 1.807) is 0 Å². The minimum absolute atomic E-state index is 1.06. The first-order chi connectivity index (χ1) is 29.5. The lowest BCUT2D eigenvalue weighted by atomic mass is 9.89. The topological polar surface area (TPSA) is 9.86 Å². The smallest absolute Gasteiger partial charge is 0.0492 e. The third-order valence-corrected chi connectivity index (χ3v) is 14.3. The van der Waals surface area contributed by atoms with Crippen LogP contribution in [-0.2, 0) is 13.1 Å². The molecular formula is C56H54Br2N2. The molecule has 2 nitrogen and oxygen atoms in total. The van der Waals surface area contributed by atoms with Crippen LogP contribution >= 0.6 is 31.9 Å². The summed E-state index contributed by atoms with van der Waals surface area (Å²) in [6, 6.07) is 46.9. The van der Waals surface area contributed by atoms with E-state index in [0.29, 0.717) is 0 Å². The van der Waals surface area contributed by atoms with Crippen molar-refractivity contribution in [3.05, 3.63) is 130 Å². The molecule has 0 fully saturated rings. The van der Waals surface area contributed by atoms with Gasteiger partial charge >= 0.3 is 0 Å². The van der Waals surface area contributed by atoms with Crippen LogP contribution in [0.25, 0.3) is 98.2 Å². The number of aromatic nitrogens is 2. The maximum atomic E-state index is 3.78. The molecule has 0 radical (unpaired) electrons. The lowest BCUT2D eigenvalue weighted by Crippen LogP contribution is -1.97. The number of hydrogen-bond donors (Lipinski definition) is 0. The van der Waals surface area contributed by atoms with Crippen molar-refractivity contribution in [2.24, 2.45) is 0 Å². The molecule has 0 saturated heterocycles. The van der Waals surface area contributed by atoms with E-state index >= 15 is 0 Å². The summed E-state index contributed by atoms with van der Waals surface area (Å²) < 4.78 is 7.38. The summed E-state index contributed by atoms with van der Waals surface area (Å²) in [4.78, 5) is 0. The Kier molecular flexibility index (Phi) is 11.2. The molecule has 0 aliphatic heterocycles. The van der Waals surface area contributed by atoms with Crippen LogP contribution in [0, 0.1) is 0 Å². The second-order valence-electron chi connectivity index (χ2n) is 17.4. The first-order valence-corrected chi connectivity index (χ1v) is 24.2. The van der Waals surface area contributed by atoms with Gasteiger partial charge in [-0.15, -0.1) is 0 Å². The van der Waals surface area contributed by atoms with Gasteiger partial charge in [0.1, 0.15) is 0 Å². The van der Waals surface area contributed by atoms with Crippen LogP contribution in [0.1, 0.15) is 90.9 Å². The monoisotopic (exact) mass is 912 g/mol. The fraction of sp³-hybridized carbons (Fsp3) is 0.286. The highest BCUT2D eigenvalue weighted by molar-refractivity contribution is 9.10. The number of aryl methyl sites for hydroxylation is 2. The molecule has 4 heteroatoms. The zero-order valence-electron chi connectivity index (χ0n) is 35.1. The standard InChI is InChI=1S/C56H54Br2N2/c1-3-5-7-9-11-13-27-59-51-23-19-37(33-47(51)49-35-45(57)21-25-53(49)59)43-29-39-15-17-41-31-44(32-42-18-16-40(30-43)55(39)56(41)42)38-20-24-52-48(34-38)50-36-46(58)22-26-54(50)60(52)28-14-12-10-8-6-4-2/h15-26,29-36H,3-14,27-28H2,1-2H3. The molecule has 0 bridgehead atoms. The number of fused-ring (bicyclic) bond motifs is 6. The average Bonchev–Trinajstić information content (AvgIpc) is 3.74. The quantitative estimate of drug-likeness (QED) is 0.0675. The van der Waals surface area contributed by atoms with E-state index in [2.05, 4.69) is 176 Å². The van der Waals surface area contributed by atoms with Gasteiger partial charge in [0, 0.05) is 65.6 Å². The van der Waals surface area contributed by atoms with Crippen LogP contribution in [0.2, 0.25) is 0 Å². The molecule has 10 rings (SSSR count). The normalized spacial score (nSPS) is 12.3. The van der Waals surface area contributed by atoms with Crippen molar-refractivity contribution in [2.75, 3.05) is 0 Å². The van der Waals surface area contributed by atoms with E-state index < -0.39 is 0 Å². The molecule has 302 valence electrons. The highest BCUT2D eigenvalue weighted by Gasteiger charge is 2.17. The SMILES string of the molecule is CCCCCCCCn1c2ccc(Br)cc2c2cc(-c3cc4ccc5cc(-c6ccc7c(c6)c6cc(Br)ccc6n7CCCCCCCC)cc6ccc(c3)c4c56)ccc21. The highest BCUT2D eigenvalue weighted by atomic mass is 79.9. The van der Waals surface area contributed by atoms with Gasteiger partial charge in [-0.25, -0.2) is 0 Å². The molecule has 0 saturated carbocycles. The average molecular weight is 915 g/mol. The van der Waals surface area contributed by atoms with E-state index in [1.165, 1.54) is 175 Å². The maximum Gasteiger partial charge on any atom is 0.0492 e. The van der Waals surface area contributed by atoms with Crippen molar-refractivity contribution in [1.29, 1.82) is 0 Å². The van der Waals surface area contributed by atoms with Gasteiger partial charge in [-0.3, -0.25) is 0 Å². The Balaban J connectivity index is 0.990. The predicted octanol–water partition coefficient (Wildman–Crippen LogP) is 18.4. The molecule has 0 aliphatic rings. The van der Waals surface area contributed by atoms with Crippen LogP contribution in [0.4, 0.5) is 0 Å². The molecule has 0 N–H and O–H groups in total. The summed E-state index contributed by atoms with van der Waals surface area (Å²) in [6.07, 6.45) is 15.7. The second-order valence-corrected chi connectivity index (χ2v) is 19.2. The van der Waals surface area contributed by atoms with Gasteiger partial charge in [-0.2, -0.15) is 0 Å². The van der Waals surface area contributed by atoms with Crippen molar-refractivity contribution in [3.63, 3.8) is 0 Å². The number of hydrogen-bond acceptors (Lipinski definition) is 0. The van der Waals surface area contributed by atoms with Crippen LogP contribution in [0.15, 0.2) is 130 Å². The van der Waals surface area contributed by atoms with Crippen molar-refractivity contribution in [1.82, 2.24) is 9.13 Å². The fourth-order valence-corrected chi connectivity index (χ4v) is 11.0. The molecular weight excluding hydrogens is 860 g/mol. The molecule has 8 aromatic carbocycles. The summed E-state index contributed by atoms with van der Waals surface area (Å²) in [5, 5.41) is 13.2. The van der Waals surface area contributed by atoms with Gasteiger partial charge in [0.05, 0.1) is 0 Å². The predicted molar refractivity (Wildman–Crippen MR) is 269 cm³/mol. The van der Waals surface area contributed by atoms with Crippen molar-refractivity contribution in [2.45, 2.75) is 104 Å². The van der Waals surface area contributed by atoms with Crippen molar-refractivity contribution >= 4 is 108 Å². The third kappa shape index (κ3) is 7.32. The number of halogens is 2. The molecule has 10 aromatic rings. The summed E-state index contributed by atoms with van der Waals surface area (Å²) in [5.41, 5.74) is 10.4. The van der Waals surface area contributed by atoms with Gasteiger partial charge in [0.2, 0.25) is 0 Å². The minimum atomic E-state index is 1.06. The van der Waals surface area contributed by atoms with E-state index in [1.807, 2.05) is 0 Å². The molecule has 2 aromatic heterocycles. The number of benzene rings is 8. The zero-order valence-corrected chi connectivity index (χ0v) is 38.3. The molecule has 0 unspecified atom stereocenters. The van der Waals surface area contributed by atoms with Crippen LogP contribution in [0.3, 0.4) is 0 Å². The van der Waals surface area contributed by atoms with E-state index in [9.17, 15) is 0 Å². The molecule has 2 heterocycles. The van der Waals surface area contributed by atoms with Crippen molar-refractivity contribution in [3.8, 4) is 22.3 Å². The van der Waals surface area contributed by atoms with Gasteiger partial charge in [0.25, 0.3) is 0 Å². The van der Waals surface area contributed by atoms with Gasteiger partial charge in [-0.05, 0) is 152 Å². The lowest BCUT2D eigenvalue weighted by molar-refractivity contribution is 0.571. The molecule has 0 amide bonds. The van der Waals surface area contributed by atoms with Gasteiger partial charge < -0.3 is 9.13 Å². The molecule has 0 aliphatic carbocycles. The Morgan fingerprint density at radius 2 is 0.667 bits per heavy atom.